The number of nitrogens with two attached hydrogens (primary N) is 1. The lowest BCUT2D eigenvalue weighted by Crippen LogP contribution is -2.53. The highest BCUT2D eigenvalue weighted by Crippen LogP contribution is 2.47. The van der Waals surface area contributed by atoms with Crippen LogP contribution in [0.5, 0.6) is 0 Å². The van der Waals surface area contributed by atoms with E-state index in [9.17, 15) is 36.7 Å². The number of carbonyl (C=O) groups is 4. The zero-order valence-electron chi connectivity index (χ0n) is 23.6. The molecule has 2 aromatic rings. The van der Waals surface area contributed by atoms with Crippen molar-refractivity contribution in [3.63, 3.8) is 0 Å². The van der Waals surface area contributed by atoms with Crippen molar-refractivity contribution < 1.29 is 41.5 Å². The van der Waals surface area contributed by atoms with Crippen LogP contribution in [0.2, 0.25) is 0 Å². The number of fused-ring (bicyclic) bond motifs is 2. The Morgan fingerprint density at radius 2 is 1.81 bits per heavy atom. The predicted octanol–water partition coefficient (Wildman–Crippen LogP) is 4.24. The molecule has 4 amide bonds. The number of benzene rings is 2. The number of carbonyl (C=O) groups excluding carboxylic acids is 4. The molecule has 3 N–H and O–H groups in total. The van der Waals surface area contributed by atoms with Crippen LogP contribution in [0.25, 0.3) is 0 Å². The number of ether oxygens (including phenoxy) is 1. The molecule has 3 aliphatic rings. The average Bonchev–Trinajstić information content (AvgIpc) is 3.66. The van der Waals surface area contributed by atoms with E-state index < -0.39 is 66.6 Å². The van der Waals surface area contributed by atoms with Gasteiger partial charge in [-0.1, -0.05) is 32.0 Å². The van der Waals surface area contributed by atoms with Gasteiger partial charge in [0.1, 0.15) is 18.4 Å². The van der Waals surface area contributed by atoms with Crippen LogP contribution in [0, 0.1) is 17.7 Å². The molecule has 0 bridgehead atoms. The molecule has 9 nitrogen and oxygen atoms in total. The van der Waals surface area contributed by atoms with Crippen molar-refractivity contribution in [2.75, 3.05) is 11.9 Å². The fourth-order valence-electron chi connectivity index (χ4n) is 5.72. The number of imide groups is 1. The fourth-order valence-corrected chi connectivity index (χ4v) is 5.72. The van der Waals surface area contributed by atoms with Crippen molar-refractivity contribution in [2.24, 2.45) is 17.6 Å². The van der Waals surface area contributed by atoms with E-state index in [1.54, 1.807) is 18.2 Å². The Morgan fingerprint density at radius 3 is 2.42 bits per heavy atom. The van der Waals surface area contributed by atoms with Gasteiger partial charge in [-0.25, -0.2) is 14.1 Å². The molecule has 0 radical (unpaired) electrons. The normalized spacial score (nSPS) is 21.2. The van der Waals surface area contributed by atoms with Crippen LogP contribution in [0.15, 0.2) is 42.5 Å². The van der Waals surface area contributed by atoms with Crippen LogP contribution >= 0.6 is 0 Å². The largest absolute Gasteiger partial charge is 0.427 e. The van der Waals surface area contributed by atoms with Crippen molar-refractivity contribution in [2.45, 2.75) is 69.9 Å². The van der Waals surface area contributed by atoms with E-state index in [0.29, 0.717) is 33.0 Å². The molecule has 1 unspecified atom stereocenters. The van der Waals surface area contributed by atoms with Gasteiger partial charge in [0.2, 0.25) is 17.4 Å². The smallest absolute Gasteiger partial charge is 0.418 e. The second-order valence-electron chi connectivity index (χ2n) is 11.7. The minimum Gasteiger partial charge on any atom is -0.427 e. The van der Waals surface area contributed by atoms with Crippen molar-refractivity contribution in [1.82, 2.24) is 9.80 Å². The number of amides is 4. The topological polar surface area (TPSA) is 122 Å². The summed E-state index contributed by atoms with van der Waals surface area (Å²) in [6.45, 7) is 2.19. The standard InChI is InChI=1S/C30H32F4N4O5/c1-16(2)24(35)26(40)36-21-9-10-22-19(13-21)11-12-29(22)27(41)38(28(42)43-29)15-23(39)37(14-17-3-7-20(31)8-4-17)25(18-5-6-18)30(32,33)34/h3-4,7-10,13,16,18,24-25H,5-6,11-12,14-15,35H2,1-2H3,(H,36,40)/t24-,25+,29?/m0/s1. The predicted molar refractivity (Wildman–Crippen MR) is 146 cm³/mol. The first-order chi connectivity index (χ1) is 20.2. The molecular formula is C30H32F4N4O5. The van der Waals surface area contributed by atoms with Crippen LogP contribution < -0.4 is 11.1 Å². The van der Waals surface area contributed by atoms with Gasteiger partial charge in [0, 0.05) is 24.2 Å². The molecule has 2 aromatic carbocycles. The molecule has 43 heavy (non-hydrogen) atoms. The lowest BCUT2D eigenvalue weighted by Gasteiger charge is -2.34. The summed E-state index contributed by atoms with van der Waals surface area (Å²) in [6.07, 6.45) is -4.98. The van der Waals surface area contributed by atoms with Crippen molar-refractivity contribution in [3.05, 3.63) is 65.0 Å². The molecule has 1 saturated heterocycles. The number of anilines is 1. The zero-order chi connectivity index (χ0) is 31.3. The van der Waals surface area contributed by atoms with Gasteiger partial charge in [-0.15, -0.1) is 0 Å². The van der Waals surface area contributed by atoms with Gasteiger partial charge in [0.25, 0.3) is 5.91 Å². The van der Waals surface area contributed by atoms with Crippen LogP contribution in [0.3, 0.4) is 0 Å². The SMILES string of the molecule is CC(C)[C@H](N)C(=O)Nc1ccc2c(c1)CCC21OC(=O)N(CC(=O)N(Cc2ccc(F)cc2)[C@H](C2CC2)C(F)(F)F)C1=O. The van der Waals surface area contributed by atoms with Gasteiger partial charge < -0.3 is 20.7 Å². The molecule has 0 aromatic heterocycles. The Bertz CT molecular complexity index is 1440. The quantitative estimate of drug-likeness (QED) is 0.413. The monoisotopic (exact) mass is 604 g/mol. The van der Waals surface area contributed by atoms with Gasteiger partial charge in [-0.2, -0.15) is 13.2 Å². The summed E-state index contributed by atoms with van der Waals surface area (Å²) in [6, 6.07) is 6.60. The summed E-state index contributed by atoms with van der Waals surface area (Å²) < 4.78 is 61.6. The zero-order valence-corrected chi connectivity index (χ0v) is 23.6. The van der Waals surface area contributed by atoms with E-state index in [-0.39, 0.29) is 36.7 Å². The summed E-state index contributed by atoms with van der Waals surface area (Å²) in [7, 11) is 0. The second kappa shape index (κ2) is 11.3. The molecule has 2 aliphatic carbocycles. The highest BCUT2D eigenvalue weighted by atomic mass is 19.4. The minimum absolute atomic E-state index is 0.0625. The number of nitrogens with zero attached hydrogens (tertiary/aromatic N) is 2. The summed E-state index contributed by atoms with van der Waals surface area (Å²) in [4.78, 5) is 53.7. The maximum atomic E-state index is 14.2. The molecule has 230 valence electrons. The van der Waals surface area contributed by atoms with Gasteiger partial charge in [-0.3, -0.25) is 14.4 Å². The summed E-state index contributed by atoms with van der Waals surface area (Å²) in [5.41, 5.74) is 5.89. The summed E-state index contributed by atoms with van der Waals surface area (Å²) in [5, 5.41) is 2.73. The molecule has 1 heterocycles. The third-order valence-electron chi connectivity index (χ3n) is 8.27. The number of nitrogens with one attached hydrogen (secondary N) is 1. The van der Waals surface area contributed by atoms with E-state index in [4.69, 9.17) is 10.5 Å². The maximum Gasteiger partial charge on any atom is 0.418 e. The average molecular weight is 605 g/mol. The molecule has 1 saturated carbocycles. The van der Waals surface area contributed by atoms with Crippen LogP contribution in [0.4, 0.5) is 28.0 Å². The van der Waals surface area contributed by atoms with E-state index in [2.05, 4.69) is 5.32 Å². The highest BCUT2D eigenvalue weighted by Gasteiger charge is 2.59. The molecular weight excluding hydrogens is 572 g/mol. The first-order valence-corrected chi connectivity index (χ1v) is 14.1. The number of rotatable bonds is 9. The van der Waals surface area contributed by atoms with E-state index in [0.717, 1.165) is 12.1 Å². The van der Waals surface area contributed by atoms with Crippen molar-refractivity contribution in [3.8, 4) is 0 Å². The number of halogens is 4. The Balaban J connectivity index is 1.37. The maximum absolute atomic E-state index is 14.2. The lowest BCUT2D eigenvalue weighted by molar-refractivity contribution is -0.196. The molecule has 5 rings (SSSR count). The van der Waals surface area contributed by atoms with E-state index in [1.165, 1.54) is 12.1 Å². The number of hydrogen-bond donors (Lipinski definition) is 2. The fraction of sp³-hybridized carbons (Fsp3) is 0.467. The van der Waals surface area contributed by atoms with Gasteiger partial charge in [-0.05, 0) is 66.5 Å². The molecule has 2 fully saturated rings. The van der Waals surface area contributed by atoms with Gasteiger partial charge in [0.15, 0.2) is 0 Å². The first-order valence-electron chi connectivity index (χ1n) is 14.1. The number of aryl methyl sites for hydroxylation is 1. The Morgan fingerprint density at radius 1 is 1.14 bits per heavy atom. The highest BCUT2D eigenvalue weighted by molar-refractivity contribution is 6.06. The van der Waals surface area contributed by atoms with Crippen LogP contribution in [0.1, 0.15) is 49.8 Å². The van der Waals surface area contributed by atoms with Gasteiger partial charge in [0.05, 0.1) is 6.04 Å². The third-order valence-corrected chi connectivity index (χ3v) is 8.27. The van der Waals surface area contributed by atoms with E-state index in [1.807, 2.05) is 13.8 Å². The summed E-state index contributed by atoms with van der Waals surface area (Å²) >= 11 is 0. The Hall–Kier alpha value is -4.00. The van der Waals surface area contributed by atoms with Crippen molar-refractivity contribution in [1.29, 1.82) is 0 Å². The van der Waals surface area contributed by atoms with Gasteiger partial charge >= 0.3 is 12.3 Å². The summed E-state index contributed by atoms with van der Waals surface area (Å²) in [5.74, 6) is -3.81. The lowest BCUT2D eigenvalue weighted by atomic mass is 9.94. The Labute approximate surface area is 245 Å². The molecule has 1 aliphatic heterocycles. The van der Waals surface area contributed by atoms with Crippen LogP contribution in [-0.2, 0) is 37.7 Å². The number of hydrogen-bond acceptors (Lipinski definition) is 6. The van der Waals surface area contributed by atoms with E-state index >= 15 is 0 Å². The first kappa shape index (κ1) is 30.5. The van der Waals surface area contributed by atoms with Crippen LogP contribution in [-0.4, -0.2) is 58.4 Å². The molecule has 13 heteroatoms. The minimum atomic E-state index is -4.76. The Kier molecular flexibility index (Phi) is 7.97. The number of alkyl halides is 3. The molecule has 3 atom stereocenters. The second-order valence-corrected chi connectivity index (χ2v) is 11.7. The molecule has 1 spiro atoms. The third kappa shape index (κ3) is 5.95. The van der Waals surface area contributed by atoms with Crippen molar-refractivity contribution >= 4 is 29.5 Å².